The zero-order valence-electron chi connectivity index (χ0n) is 15.8. The molecule has 0 spiro atoms. The topological polar surface area (TPSA) is 104 Å². The predicted molar refractivity (Wildman–Crippen MR) is 103 cm³/mol. The van der Waals surface area contributed by atoms with Crippen molar-refractivity contribution in [2.75, 3.05) is 26.0 Å². The summed E-state index contributed by atoms with van der Waals surface area (Å²) in [6.07, 6.45) is 4.90. The third-order valence-corrected chi connectivity index (χ3v) is 6.87. The molecule has 1 aliphatic heterocycles. The Bertz CT molecular complexity index is 913. The van der Waals surface area contributed by atoms with Crippen LogP contribution in [-0.4, -0.2) is 56.0 Å². The molecular weight excluding hydrogens is 382 g/mol. The van der Waals surface area contributed by atoms with E-state index in [1.54, 1.807) is 6.07 Å². The van der Waals surface area contributed by atoms with Gasteiger partial charge in [-0.1, -0.05) is 18.2 Å². The quantitative estimate of drug-likeness (QED) is 0.566. The molecule has 1 fully saturated rings. The van der Waals surface area contributed by atoms with E-state index in [4.69, 9.17) is 0 Å². The number of rotatable bonds is 6. The highest BCUT2D eigenvalue weighted by Gasteiger charge is 2.46. The number of hydrogen-bond donors (Lipinski definition) is 1. The Morgan fingerprint density at radius 1 is 1.14 bits per heavy atom. The summed E-state index contributed by atoms with van der Waals surface area (Å²) in [6, 6.07) is 5.94. The molecule has 1 aromatic carbocycles. The fourth-order valence-electron chi connectivity index (χ4n) is 3.47. The summed E-state index contributed by atoms with van der Waals surface area (Å²) in [5.41, 5.74) is 0.338. The number of benzene rings is 1. The lowest BCUT2D eigenvalue weighted by Crippen LogP contribution is -2.34. The molecule has 1 N–H and O–H groups in total. The molecule has 0 aromatic heterocycles. The minimum absolute atomic E-state index is 0.0200. The SMILES string of the molecule is CN(C)S(=O)(=O)c1cccc(NC(=O)CCN2C(=O)[C@H]3CC=CC[C@@H]3C2=O)c1. The van der Waals surface area contributed by atoms with Crippen molar-refractivity contribution in [2.24, 2.45) is 11.8 Å². The maximum absolute atomic E-state index is 12.4. The van der Waals surface area contributed by atoms with Crippen LogP contribution < -0.4 is 5.32 Å². The Balaban J connectivity index is 1.61. The van der Waals surface area contributed by atoms with Crippen LogP contribution in [0, 0.1) is 11.8 Å². The first-order valence-corrected chi connectivity index (χ1v) is 10.5. The third-order valence-electron chi connectivity index (χ3n) is 5.06. The highest BCUT2D eigenvalue weighted by Crippen LogP contribution is 2.35. The van der Waals surface area contributed by atoms with Crippen molar-refractivity contribution < 1.29 is 22.8 Å². The van der Waals surface area contributed by atoms with Gasteiger partial charge in [-0.25, -0.2) is 12.7 Å². The van der Waals surface area contributed by atoms with Gasteiger partial charge in [-0.2, -0.15) is 0 Å². The molecule has 0 saturated carbocycles. The molecule has 1 aromatic rings. The van der Waals surface area contributed by atoms with Crippen molar-refractivity contribution in [3.05, 3.63) is 36.4 Å². The molecule has 2 aliphatic rings. The Morgan fingerprint density at radius 3 is 2.32 bits per heavy atom. The van der Waals surface area contributed by atoms with Gasteiger partial charge >= 0.3 is 0 Å². The Labute approximate surface area is 164 Å². The van der Waals surface area contributed by atoms with Crippen LogP contribution in [0.25, 0.3) is 0 Å². The molecule has 150 valence electrons. The first-order chi connectivity index (χ1) is 13.2. The van der Waals surface area contributed by atoms with Crippen molar-refractivity contribution in [3.8, 4) is 0 Å². The van der Waals surface area contributed by atoms with E-state index in [-0.39, 0.29) is 41.5 Å². The average molecular weight is 405 g/mol. The minimum atomic E-state index is -3.61. The standard InChI is InChI=1S/C19H23N3O5S/c1-21(2)28(26,27)14-7-5-6-13(12-14)20-17(23)10-11-22-18(24)15-8-3-4-9-16(15)19(22)25/h3-7,12,15-16H,8-11H2,1-2H3,(H,20,23)/t15-,16-/m0/s1. The molecule has 9 heteroatoms. The Hall–Kier alpha value is -2.52. The van der Waals surface area contributed by atoms with Crippen LogP contribution in [0.5, 0.6) is 0 Å². The van der Waals surface area contributed by atoms with Gasteiger partial charge in [0, 0.05) is 32.7 Å². The van der Waals surface area contributed by atoms with E-state index in [1.807, 2.05) is 12.2 Å². The number of hydrogen-bond acceptors (Lipinski definition) is 5. The number of allylic oxidation sites excluding steroid dienone is 2. The van der Waals surface area contributed by atoms with E-state index in [0.717, 1.165) is 4.31 Å². The van der Waals surface area contributed by atoms with Crippen molar-refractivity contribution >= 4 is 33.4 Å². The lowest BCUT2D eigenvalue weighted by atomic mass is 9.85. The van der Waals surface area contributed by atoms with E-state index in [1.165, 1.54) is 37.2 Å². The van der Waals surface area contributed by atoms with Gasteiger partial charge < -0.3 is 5.32 Å². The summed E-state index contributed by atoms with van der Waals surface area (Å²) in [4.78, 5) is 38.3. The van der Waals surface area contributed by atoms with Crippen LogP contribution in [0.2, 0.25) is 0 Å². The van der Waals surface area contributed by atoms with Gasteiger partial charge in [-0.3, -0.25) is 19.3 Å². The van der Waals surface area contributed by atoms with Crippen molar-refractivity contribution in [2.45, 2.75) is 24.2 Å². The number of nitrogens with zero attached hydrogens (tertiary/aromatic N) is 2. The monoisotopic (exact) mass is 405 g/mol. The summed E-state index contributed by atoms with van der Waals surface area (Å²) in [6.45, 7) is 0.0200. The molecule has 0 bridgehead atoms. The fourth-order valence-corrected chi connectivity index (χ4v) is 4.42. The summed E-state index contributed by atoms with van der Waals surface area (Å²) < 4.78 is 25.5. The van der Waals surface area contributed by atoms with E-state index in [9.17, 15) is 22.8 Å². The number of sulfonamides is 1. The van der Waals surface area contributed by atoms with Gasteiger partial charge in [0.15, 0.2) is 0 Å². The maximum Gasteiger partial charge on any atom is 0.242 e. The van der Waals surface area contributed by atoms with Crippen molar-refractivity contribution in [1.29, 1.82) is 0 Å². The van der Waals surface area contributed by atoms with Gasteiger partial charge in [-0.15, -0.1) is 0 Å². The predicted octanol–water partition coefficient (Wildman–Crippen LogP) is 1.22. The largest absolute Gasteiger partial charge is 0.326 e. The zero-order chi connectivity index (χ0) is 20.5. The lowest BCUT2D eigenvalue weighted by Gasteiger charge is -2.15. The second-order valence-corrected chi connectivity index (χ2v) is 9.25. The second kappa shape index (κ2) is 7.84. The molecular formula is C19H23N3O5S. The van der Waals surface area contributed by atoms with Gasteiger partial charge in [0.05, 0.1) is 16.7 Å². The van der Waals surface area contributed by atoms with Crippen LogP contribution in [0.3, 0.4) is 0 Å². The van der Waals surface area contributed by atoms with Crippen LogP contribution in [0.1, 0.15) is 19.3 Å². The first-order valence-electron chi connectivity index (χ1n) is 9.04. The zero-order valence-corrected chi connectivity index (χ0v) is 16.6. The third kappa shape index (κ3) is 3.85. The van der Waals surface area contributed by atoms with E-state index < -0.39 is 15.9 Å². The van der Waals surface area contributed by atoms with Crippen molar-refractivity contribution in [3.63, 3.8) is 0 Å². The summed E-state index contributed by atoms with van der Waals surface area (Å²) in [7, 11) is -0.752. The van der Waals surface area contributed by atoms with E-state index in [2.05, 4.69) is 5.32 Å². The number of carbonyl (C=O) groups excluding carboxylic acids is 3. The number of carbonyl (C=O) groups is 3. The molecule has 0 unspecified atom stereocenters. The van der Waals surface area contributed by atoms with E-state index >= 15 is 0 Å². The molecule has 0 radical (unpaired) electrons. The van der Waals surface area contributed by atoms with Gasteiger partial charge in [0.25, 0.3) is 0 Å². The normalized spacial score (nSPS) is 21.9. The average Bonchev–Trinajstić information content (AvgIpc) is 2.91. The summed E-state index contributed by atoms with van der Waals surface area (Å²) in [5, 5.41) is 2.63. The molecule has 3 amide bonds. The van der Waals surface area contributed by atoms with E-state index in [0.29, 0.717) is 18.5 Å². The number of fused-ring (bicyclic) bond motifs is 1. The lowest BCUT2D eigenvalue weighted by molar-refractivity contribution is -0.140. The second-order valence-electron chi connectivity index (χ2n) is 7.10. The number of nitrogens with one attached hydrogen (secondary N) is 1. The van der Waals surface area contributed by atoms with Gasteiger partial charge in [0.2, 0.25) is 27.7 Å². The van der Waals surface area contributed by atoms with Gasteiger partial charge in [-0.05, 0) is 31.0 Å². The van der Waals surface area contributed by atoms with Crippen LogP contribution in [0.15, 0.2) is 41.3 Å². The summed E-state index contributed by atoms with van der Waals surface area (Å²) in [5.74, 6) is -1.45. The number of amides is 3. The number of imide groups is 1. The maximum atomic E-state index is 12.4. The highest BCUT2D eigenvalue weighted by molar-refractivity contribution is 7.89. The van der Waals surface area contributed by atoms with Gasteiger partial charge in [0.1, 0.15) is 0 Å². The molecule has 28 heavy (non-hydrogen) atoms. The molecule has 1 saturated heterocycles. The first kappa shape index (κ1) is 20.2. The molecule has 8 nitrogen and oxygen atoms in total. The number of likely N-dealkylation sites (tertiary alicyclic amines) is 1. The Kier molecular flexibility index (Phi) is 5.66. The molecule has 2 atom stereocenters. The molecule has 3 rings (SSSR count). The van der Waals surface area contributed by atoms with Crippen LogP contribution >= 0.6 is 0 Å². The van der Waals surface area contributed by atoms with Crippen LogP contribution in [0.4, 0.5) is 5.69 Å². The number of anilines is 1. The minimum Gasteiger partial charge on any atom is -0.326 e. The highest BCUT2D eigenvalue weighted by atomic mass is 32.2. The van der Waals surface area contributed by atoms with Crippen molar-refractivity contribution in [1.82, 2.24) is 9.21 Å². The Morgan fingerprint density at radius 2 is 1.75 bits per heavy atom. The fraction of sp³-hybridized carbons (Fsp3) is 0.421. The van der Waals surface area contributed by atoms with Crippen LogP contribution in [-0.2, 0) is 24.4 Å². The molecule has 1 aliphatic carbocycles. The smallest absolute Gasteiger partial charge is 0.242 e. The molecule has 1 heterocycles. The summed E-state index contributed by atoms with van der Waals surface area (Å²) >= 11 is 0.